The first kappa shape index (κ1) is 13.9. The van der Waals surface area contributed by atoms with E-state index >= 15 is 0 Å². The zero-order valence-electron chi connectivity index (χ0n) is 12.5. The molecule has 0 heterocycles. The van der Waals surface area contributed by atoms with Crippen molar-refractivity contribution in [1.82, 2.24) is 0 Å². The minimum atomic E-state index is -0.119. The smallest absolute Gasteiger partial charge is 0.0578 e. The predicted octanol–water partition coefficient (Wildman–Crippen LogP) is 4.33. The van der Waals surface area contributed by atoms with Gasteiger partial charge in [-0.25, -0.2) is 0 Å². The van der Waals surface area contributed by atoms with Crippen molar-refractivity contribution in [2.75, 3.05) is 0 Å². The largest absolute Gasteiger partial charge is 0.393 e. The number of hydrogen-bond acceptors (Lipinski definition) is 1. The highest BCUT2D eigenvalue weighted by atomic mass is 16.3. The van der Waals surface area contributed by atoms with E-state index in [0.717, 1.165) is 19.3 Å². The average molecular weight is 248 g/mol. The standard InChI is InChI=1S/C17H28O/c1-11(2)15-7-6-13-10-14(18)8-9-17(13,5)16(15)12(3)4/h6-7,11-12,14,16,18H,8-10H2,1-5H3. The summed E-state index contributed by atoms with van der Waals surface area (Å²) in [5.41, 5.74) is 3.36. The minimum Gasteiger partial charge on any atom is -0.393 e. The maximum atomic E-state index is 9.90. The lowest BCUT2D eigenvalue weighted by Crippen LogP contribution is -2.41. The highest BCUT2D eigenvalue weighted by Gasteiger charge is 2.45. The van der Waals surface area contributed by atoms with Gasteiger partial charge in [0.25, 0.3) is 0 Å². The Kier molecular flexibility index (Phi) is 3.73. The lowest BCUT2D eigenvalue weighted by atomic mass is 9.55. The SMILES string of the molecule is CC(C)C1=CC=C2CC(O)CCC2(C)C1C(C)C. The third-order valence-corrected chi connectivity index (χ3v) is 5.04. The van der Waals surface area contributed by atoms with Gasteiger partial charge >= 0.3 is 0 Å². The number of aliphatic hydroxyl groups is 1. The van der Waals surface area contributed by atoms with Gasteiger partial charge in [0.15, 0.2) is 0 Å². The Balaban J connectivity index is 2.42. The maximum absolute atomic E-state index is 9.90. The normalized spacial score (nSPS) is 36.4. The number of fused-ring (bicyclic) bond motifs is 1. The number of hydrogen-bond donors (Lipinski definition) is 1. The molecule has 1 fully saturated rings. The molecular formula is C17H28O. The van der Waals surface area contributed by atoms with Crippen LogP contribution in [0, 0.1) is 23.2 Å². The second kappa shape index (κ2) is 4.85. The van der Waals surface area contributed by atoms with E-state index in [-0.39, 0.29) is 11.5 Å². The molecule has 0 amide bonds. The number of allylic oxidation sites excluding steroid dienone is 3. The van der Waals surface area contributed by atoms with E-state index in [2.05, 4.69) is 46.8 Å². The topological polar surface area (TPSA) is 20.2 Å². The molecule has 3 unspecified atom stereocenters. The highest BCUT2D eigenvalue weighted by molar-refractivity contribution is 5.36. The van der Waals surface area contributed by atoms with Crippen molar-refractivity contribution in [3.8, 4) is 0 Å². The van der Waals surface area contributed by atoms with Crippen LogP contribution in [0.2, 0.25) is 0 Å². The van der Waals surface area contributed by atoms with E-state index < -0.39 is 0 Å². The summed E-state index contributed by atoms with van der Waals surface area (Å²) >= 11 is 0. The van der Waals surface area contributed by atoms with Crippen LogP contribution in [-0.2, 0) is 0 Å². The Morgan fingerprint density at radius 3 is 2.44 bits per heavy atom. The number of rotatable bonds is 2. The van der Waals surface area contributed by atoms with Crippen LogP contribution in [0.4, 0.5) is 0 Å². The Morgan fingerprint density at radius 1 is 1.22 bits per heavy atom. The quantitative estimate of drug-likeness (QED) is 0.771. The third-order valence-electron chi connectivity index (χ3n) is 5.04. The molecule has 2 aliphatic carbocycles. The average Bonchev–Trinajstić information content (AvgIpc) is 2.27. The molecule has 1 N–H and O–H groups in total. The first-order chi connectivity index (χ1) is 8.36. The van der Waals surface area contributed by atoms with Gasteiger partial charge in [-0.1, -0.05) is 57.9 Å². The Bertz CT molecular complexity index is 375. The molecule has 102 valence electrons. The van der Waals surface area contributed by atoms with E-state index in [9.17, 15) is 5.11 Å². The van der Waals surface area contributed by atoms with Crippen molar-refractivity contribution in [2.45, 2.75) is 60.0 Å². The predicted molar refractivity (Wildman–Crippen MR) is 77.3 cm³/mol. The first-order valence-corrected chi connectivity index (χ1v) is 7.45. The van der Waals surface area contributed by atoms with Gasteiger partial charge in [0.1, 0.15) is 0 Å². The summed E-state index contributed by atoms with van der Waals surface area (Å²) in [4.78, 5) is 0. The molecule has 0 aromatic rings. The molecule has 0 saturated heterocycles. The van der Waals surface area contributed by atoms with Crippen LogP contribution in [0.15, 0.2) is 23.3 Å². The van der Waals surface area contributed by atoms with Crippen molar-refractivity contribution in [3.05, 3.63) is 23.3 Å². The number of aliphatic hydroxyl groups excluding tert-OH is 1. The van der Waals surface area contributed by atoms with Crippen molar-refractivity contribution in [2.24, 2.45) is 23.2 Å². The summed E-state index contributed by atoms with van der Waals surface area (Å²) in [6.45, 7) is 11.7. The summed E-state index contributed by atoms with van der Waals surface area (Å²) in [5, 5.41) is 9.90. The molecule has 1 saturated carbocycles. The van der Waals surface area contributed by atoms with Gasteiger partial charge in [-0.2, -0.15) is 0 Å². The first-order valence-electron chi connectivity index (χ1n) is 7.45. The van der Waals surface area contributed by atoms with E-state index in [1.54, 1.807) is 5.57 Å². The van der Waals surface area contributed by atoms with Crippen molar-refractivity contribution >= 4 is 0 Å². The van der Waals surface area contributed by atoms with Gasteiger partial charge in [0, 0.05) is 0 Å². The fourth-order valence-corrected chi connectivity index (χ4v) is 4.17. The summed E-state index contributed by atoms with van der Waals surface area (Å²) in [5.74, 6) is 1.94. The Morgan fingerprint density at radius 2 is 1.89 bits per heavy atom. The second-order valence-corrected chi connectivity index (χ2v) is 7.05. The zero-order valence-corrected chi connectivity index (χ0v) is 12.5. The van der Waals surface area contributed by atoms with Gasteiger partial charge < -0.3 is 5.11 Å². The monoisotopic (exact) mass is 248 g/mol. The van der Waals surface area contributed by atoms with Gasteiger partial charge in [0.05, 0.1) is 6.10 Å². The van der Waals surface area contributed by atoms with Crippen LogP contribution in [-0.4, -0.2) is 11.2 Å². The van der Waals surface area contributed by atoms with E-state index in [1.165, 1.54) is 5.57 Å². The van der Waals surface area contributed by atoms with Gasteiger partial charge in [0.2, 0.25) is 0 Å². The fraction of sp³-hybridized carbons (Fsp3) is 0.765. The molecule has 0 aromatic heterocycles. The lowest BCUT2D eigenvalue weighted by Gasteiger charge is -2.50. The molecule has 3 atom stereocenters. The fourth-order valence-electron chi connectivity index (χ4n) is 4.17. The molecule has 2 aliphatic rings. The molecule has 1 nitrogen and oxygen atoms in total. The zero-order chi connectivity index (χ0) is 13.5. The van der Waals surface area contributed by atoms with Crippen molar-refractivity contribution in [3.63, 3.8) is 0 Å². The van der Waals surface area contributed by atoms with Crippen molar-refractivity contribution < 1.29 is 5.11 Å². The molecule has 18 heavy (non-hydrogen) atoms. The van der Waals surface area contributed by atoms with Crippen LogP contribution in [0.25, 0.3) is 0 Å². The van der Waals surface area contributed by atoms with Crippen LogP contribution in [0.1, 0.15) is 53.9 Å². The lowest BCUT2D eigenvalue weighted by molar-refractivity contribution is 0.0748. The van der Waals surface area contributed by atoms with Crippen LogP contribution in [0.5, 0.6) is 0 Å². The molecule has 2 rings (SSSR count). The van der Waals surface area contributed by atoms with Gasteiger partial charge in [-0.05, 0) is 42.4 Å². The van der Waals surface area contributed by atoms with Gasteiger partial charge in [-0.15, -0.1) is 0 Å². The van der Waals surface area contributed by atoms with E-state index in [0.29, 0.717) is 17.8 Å². The molecular weight excluding hydrogens is 220 g/mol. The molecule has 0 spiro atoms. The summed E-state index contributed by atoms with van der Waals surface area (Å²) in [7, 11) is 0. The molecule has 1 heteroatoms. The highest BCUT2D eigenvalue weighted by Crippen LogP contribution is 2.54. The summed E-state index contributed by atoms with van der Waals surface area (Å²) < 4.78 is 0. The Labute approximate surface area is 112 Å². The Hall–Kier alpha value is -0.560. The molecule has 0 aliphatic heterocycles. The molecule has 0 radical (unpaired) electrons. The van der Waals surface area contributed by atoms with Crippen LogP contribution < -0.4 is 0 Å². The van der Waals surface area contributed by atoms with Crippen LogP contribution in [0.3, 0.4) is 0 Å². The second-order valence-electron chi connectivity index (χ2n) is 7.05. The molecule has 0 aromatic carbocycles. The van der Waals surface area contributed by atoms with E-state index in [4.69, 9.17) is 0 Å². The maximum Gasteiger partial charge on any atom is 0.0578 e. The van der Waals surface area contributed by atoms with E-state index in [1.807, 2.05) is 0 Å². The van der Waals surface area contributed by atoms with Crippen molar-refractivity contribution in [1.29, 1.82) is 0 Å². The van der Waals surface area contributed by atoms with Crippen LogP contribution >= 0.6 is 0 Å². The summed E-state index contributed by atoms with van der Waals surface area (Å²) in [6.07, 6.45) is 7.49. The summed E-state index contributed by atoms with van der Waals surface area (Å²) in [6, 6.07) is 0. The minimum absolute atomic E-state index is 0.119. The molecule has 0 bridgehead atoms. The third kappa shape index (κ3) is 2.18. The van der Waals surface area contributed by atoms with Gasteiger partial charge in [-0.3, -0.25) is 0 Å².